The molecule has 5 nitrogen and oxygen atoms in total. The topological polar surface area (TPSA) is 74.7 Å². The Morgan fingerprint density at radius 2 is 2.21 bits per heavy atom. The molecule has 0 radical (unpaired) electrons. The summed E-state index contributed by atoms with van der Waals surface area (Å²) in [6.07, 6.45) is 1.71. The van der Waals surface area contributed by atoms with E-state index in [1.807, 2.05) is 6.92 Å². The lowest BCUT2D eigenvalue weighted by molar-refractivity contribution is -0.147. The molecule has 0 aliphatic carbocycles. The van der Waals surface area contributed by atoms with Gasteiger partial charge in [0, 0.05) is 13.1 Å². The number of aliphatic carboxylic acids is 1. The molecule has 0 aromatic heterocycles. The maximum atomic E-state index is 11.2. The number of unbranched alkanes of at least 4 members (excludes halogenated alkanes) is 1. The van der Waals surface area contributed by atoms with Crippen LogP contribution in [0, 0.1) is 5.92 Å². The third-order valence-electron chi connectivity index (χ3n) is 2.30. The Kier molecular flexibility index (Phi) is 3.22. The third kappa shape index (κ3) is 1.92. The van der Waals surface area contributed by atoms with Gasteiger partial charge >= 0.3 is 5.97 Å². The summed E-state index contributed by atoms with van der Waals surface area (Å²) in [6.45, 7) is 2.48. The van der Waals surface area contributed by atoms with Crippen LogP contribution in [0.25, 0.3) is 0 Å². The number of carbonyl (C=O) groups is 3. The van der Waals surface area contributed by atoms with Crippen molar-refractivity contribution in [3.05, 3.63) is 0 Å². The standard InChI is InChI=1S/C9H13NO4/c1-2-3-4-10-5-6(9(13)14)7(11)8(10)12/h6H,2-5H2,1H3,(H,13,14)/t6-/m1/s1. The second-order valence-electron chi connectivity index (χ2n) is 3.36. The van der Waals surface area contributed by atoms with Crippen LogP contribution in [0.3, 0.4) is 0 Å². The van der Waals surface area contributed by atoms with Crippen molar-refractivity contribution in [1.82, 2.24) is 4.90 Å². The number of hydrogen-bond donors (Lipinski definition) is 1. The monoisotopic (exact) mass is 199 g/mol. The van der Waals surface area contributed by atoms with Crippen molar-refractivity contribution in [3.8, 4) is 0 Å². The van der Waals surface area contributed by atoms with E-state index in [0.717, 1.165) is 12.8 Å². The fourth-order valence-corrected chi connectivity index (χ4v) is 1.42. The fraction of sp³-hybridized carbons (Fsp3) is 0.667. The lowest BCUT2D eigenvalue weighted by Gasteiger charge is -2.13. The first-order chi connectivity index (χ1) is 6.57. The van der Waals surface area contributed by atoms with Gasteiger partial charge < -0.3 is 10.0 Å². The molecule has 0 bridgehead atoms. The maximum absolute atomic E-state index is 11.2. The van der Waals surface area contributed by atoms with E-state index in [2.05, 4.69) is 0 Å². The first-order valence-corrected chi connectivity index (χ1v) is 4.63. The van der Waals surface area contributed by atoms with E-state index in [1.54, 1.807) is 0 Å². The summed E-state index contributed by atoms with van der Waals surface area (Å²) in [7, 11) is 0. The Labute approximate surface area is 81.7 Å². The summed E-state index contributed by atoms with van der Waals surface area (Å²) >= 11 is 0. The van der Waals surface area contributed by atoms with E-state index >= 15 is 0 Å². The Bertz CT molecular complexity index is 274. The SMILES string of the molecule is CCCCN1C[C@@H](C(=O)O)C(=O)C1=O. The van der Waals surface area contributed by atoms with Gasteiger partial charge in [0.2, 0.25) is 5.78 Å². The van der Waals surface area contributed by atoms with Gasteiger partial charge in [0.25, 0.3) is 5.91 Å². The molecule has 0 spiro atoms. The first kappa shape index (κ1) is 10.7. The van der Waals surface area contributed by atoms with E-state index in [1.165, 1.54) is 4.90 Å². The molecule has 0 aromatic carbocycles. The van der Waals surface area contributed by atoms with Crippen LogP contribution in [0.15, 0.2) is 0 Å². The van der Waals surface area contributed by atoms with Gasteiger partial charge in [-0.3, -0.25) is 14.4 Å². The average Bonchev–Trinajstić information content (AvgIpc) is 2.42. The molecule has 1 aliphatic heterocycles. The van der Waals surface area contributed by atoms with Crippen LogP contribution in [0.2, 0.25) is 0 Å². The zero-order valence-electron chi connectivity index (χ0n) is 8.02. The first-order valence-electron chi connectivity index (χ1n) is 4.63. The van der Waals surface area contributed by atoms with Gasteiger partial charge in [-0.2, -0.15) is 0 Å². The number of likely N-dealkylation sites (tertiary alicyclic amines) is 1. The number of nitrogens with zero attached hydrogens (tertiary/aromatic N) is 1. The van der Waals surface area contributed by atoms with Gasteiger partial charge in [0.05, 0.1) is 0 Å². The summed E-state index contributed by atoms with van der Waals surface area (Å²) in [5.41, 5.74) is 0. The molecule has 1 aliphatic rings. The normalized spacial score (nSPS) is 21.8. The summed E-state index contributed by atoms with van der Waals surface area (Å²) in [4.78, 5) is 34.3. The Morgan fingerprint density at radius 3 is 2.64 bits per heavy atom. The molecule has 1 fully saturated rings. The van der Waals surface area contributed by atoms with Crippen molar-refractivity contribution in [2.45, 2.75) is 19.8 Å². The van der Waals surface area contributed by atoms with Crippen molar-refractivity contribution in [2.75, 3.05) is 13.1 Å². The minimum atomic E-state index is -1.21. The maximum Gasteiger partial charge on any atom is 0.316 e. The highest BCUT2D eigenvalue weighted by atomic mass is 16.4. The van der Waals surface area contributed by atoms with Crippen molar-refractivity contribution in [2.24, 2.45) is 5.92 Å². The highest BCUT2D eigenvalue weighted by molar-refractivity contribution is 6.42. The van der Waals surface area contributed by atoms with Crippen LogP contribution in [0.4, 0.5) is 0 Å². The van der Waals surface area contributed by atoms with Gasteiger partial charge in [0.1, 0.15) is 5.92 Å². The van der Waals surface area contributed by atoms with Crippen molar-refractivity contribution < 1.29 is 19.5 Å². The van der Waals surface area contributed by atoms with Gasteiger partial charge in [-0.05, 0) is 6.42 Å². The van der Waals surface area contributed by atoms with Gasteiger partial charge in [0.15, 0.2) is 0 Å². The smallest absolute Gasteiger partial charge is 0.316 e. The molecule has 14 heavy (non-hydrogen) atoms. The zero-order chi connectivity index (χ0) is 10.7. The van der Waals surface area contributed by atoms with E-state index in [0.29, 0.717) is 6.54 Å². The van der Waals surface area contributed by atoms with Crippen molar-refractivity contribution >= 4 is 17.7 Å². The van der Waals surface area contributed by atoms with E-state index in [-0.39, 0.29) is 6.54 Å². The van der Waals surface area contributed by atoms with Crippen LogP contribution in [0.5, 0.6) is 0 Å². The number of hydrogen-bond acceptors (Lipinski definition) is 3. The summed E-state index contributed by atoms with van der Waals surface area (Å²) < 4.78 is 0. The zero-order valence-corrected chi connectivity index (χ0v) is 8.02. The quantitative estimate of drug-likeness (QED) is 0.506. The molecule has 1 amide bonds. The van der Waals surface area contributed by atoms with Crippen molar-refractivity contribution in [3.63, 3.8) is 0 Å². The Hall–Kier alpha value is -1.39. The van der Waals surface area contributed by atoms with Gasteiger partial charge in [-0.1, -0.05) is 13.3 Å². The second-order valence-corrected chi connectivity index (χ2v) is 3.36. The lowest BCUT2D eigenvalue weighted by atomic mass is 10.1. The van der Waals surface area contributed by atoms with E-state index in [9.17, 15) is 14.4 Å². The number of amides is 1. The lowest BCUT2D eigenvalue weighted by Crippen LogP contribution is -2.28. The van der Waals surface area contributed by atoms with Crippen molar-refractivity contribution in [1.29, 1.82) is 0 Å². The molecule has 0 saturated carbocycles. The largest absolute Gasteiger partial charge is 0.481 e. The van der Waals surface area contributed by atoms with Gasteiger partial charge in [-0.25, -0.2) is 0 Å². The second kappa shape index (κ2) is 4.21. The molecule has 0 unspecified atom stereocenters. The molecule has 78 valence electrons. The van der Waals surface area contributed by atoms with Crippen LogP contribution in [-0.2, 0) is 14.4 Å². The Balaban J connectivity index is 2.62. The predicted molar refractivity (Wildman–Crippen MR) is 47.6 cm³/mol. The third-order valence-corrected chi connectivity index (χ3v) is 2.30. The molecule has 0 aromatic rings. The summed E-state index contributed by atoms with van der Waals surface area (Å²) in [5.74, 6) is -3.79. The molecule has 1 saturated heterocycles. The molecule has 1 rings (SSSR count). The highest BCUT2D eigenvalue weighted by Crippen LogP contribution is 2.14. The number of ketones is 1. The Morgan fingerprint density at radius 1 is 1.57 bits per heavy atom. The fourth-order valence-electron chi connectivity index (χ4n) is 1.42. The molecule has 1 N–H and O–H groups in total. The summed E-state index contributed by atoms with van der Waals surface area (Å²) in [6, 6.07) is 0. The number of rotatable bonds is 4. The van der Waals surface area contributed by atoms with Gasteiger partial charge in [-0.15, -0.1) is 0 Å². The molecule has 1 heterocycles. The minimum Gasteiger partial charge on any atom is -0.481 e. The number of Topliss-reactive ketones (excluding diaryl/α,β-unsaturated/α-hetero) is 1. The predicted octanol–water partition coefficient (Wildman–Crippen LogP) is -0.101. The van der Waals surface area contributed by atoms with Crippen LogP contribution >= 0.6 is 0 Å². The van der Waals surface area contributed by atoms with Crippen LogP contribution in [0.1, 0.15) is 19.8 Å². The van der Waals surface area contributed by atoms with Crippen LogP contribution in [-0.4, -0.2) is 40.8 Å². The molecular formula is C9H13NO4. The number of carboxylic acid groups (broad SMARTS) is 1. The molecule has 5 heteroatoms. The summed E-state index contributed by atoms with van der Waals surface area (Å²) in [5, 5.41) is 8.64. The van der Waals surface area contributed by atoms with E-state index < -0.39 is 23.6 Å². The number of carbonyl (C=O) groups excluding carboxylic acids is 2. The highest BCUT2D eigenvalue weighted by Gasteiger charge is 2.42. The van der Waals surface area contributed by atoms with E-state index in [4.69, 9.17) is 5.11 Å². The average molecular weight is 199 g/mol. The number of carboxylic acids is 1. The molecule has 1 atom stereocenters. The molecular weight excluding hydrogens is 186 g/mol. The minimum absolute atomic E-state index is 0.0347. The van der Waals surface area contributed by atoms with Crippen LogP contribution < -0.4 is 0 Å².